The summed E-state index contributed by atoms with van der Waals surface area (Å²) in [6, 6.07) is 0. The third-order valence-corrected chi connectivity index (χ3v) is 0. The van der Waals surface area contributed by atoms with Gasteiger partial charge in [0.05, 0.1) is 0 Å². The minimum absolute atomic E-state index is 0. The van der Waals surface area contributed by atoms with Crippen molar-refractivity contribution < 1.29 is 147 Å². The molecule has 0 rings (SSSR count). The van der Waals surface area contributed by atoms with Crippen LogP contribution < -0.4 is 132 Å². The fourth-order valence-corrected chi connectivity index (χ4v) is 0. The van der Waals surface area contributed by atoms with Crippen molar-refractivity contribution in [1.82, 2.24) is 0 Å². The average Bonchev–Trinajstić information content (AvgIpc) is 0.811. The Bertz CT molecular complexity index is 15.7. The minimum atomic E-state index is -3.65. The maximum absolute atomic E-state index is 8.52. The Morgan fingerprint density at radius 2 is 0.857 bits per heavy atom. The van der Waals surface area contributed by atoms with E-state index in [0.717, 1.165) is 0 Å². The molecule has 7 heavy (non-hydrogen) atoms. The Kier molecular flexibility index (Phi) is 53.3. The van der Waals surface area contributed by atoms with Gasteiger partial charge in [0.15, 0.2) is 0 Å². The van der Waals surface area contributed by atoms with Gasteiger partial charge in [0.2, 0.25) is 14.8 Å². The molecule has 3 nitrogen and oxygen atoms in total. The molecule has 7 heteroatoms. The van der Waals surface area contributed by atoms with E-state index in [1.807, 2.05) is 0 Å². The molecule has 0 heterocycles. The van der Waals surface area contributed by atoms with E-state index in [-0.39, 0.29) is 120 Å². The molecule has 0 amide bonds. The van der Waals surface area contributed by atoms with Crippen LogP contribution >= 0.6 is 0 Å². The first-order valence-electron chi connectivity index (χ1n) is 0.463. The third-order valence-electron chi connectivity index (χ3n) is 0. The molecule has 0 spiro atoms. The van der Waals surface area contributed by atoms with E-state index >= 15 is 0 Å². The first-order chi connectivity index (χ1) is 1.73. The molecule has 34 valence electrons. The van der Waals surface area contributed by atoms with Crippen LogP contribution in [0.4, 0.5) is 0 Å². The van der Waals surface area contributed by atoms with Gasteiger partial charge in [-0.2, -0.15) is 0 Å². The quantitative estimate of drug-likeness (QED) is 0.415. The van der Waals surface area contributed by atoms with Crippen LogP contribution in [0.15, 0.2) is 0 Å². The van der Waals surface area contributed by atoms with Gasteiger partial charge in [0.1, 0.15) is 0 Å². The number of hydrogen-bond donors (Lipinski definition) is 0. The van der Waals surface area contributed by atoms with E-state index in [1.165, 1.54) is 0 Å². The Morgan fingerprint density at radius 3 is 0.857 bits per heavy atom. The summed E-state index contributed by atoms with van der Waals surface area (Å²) in [6.45, 7) is 0. The van der Waals surface area contributed by atoms with Gasteiger partial charge in [0.25, 0.3) is 0 Å². The van der Waals surface area contributed by atoms with E-state index in [9.17, 15) is 0 Å². The normalized spacial score (nSPS) is 5.14. The number of halogens is 2. The van der Waals surface area contributed by atoms with E-state index in [4.69, 9.17) is 12.6 Å². The Hall–Kier alpha value is 4.11. The largest absolute Gasteiger partial charge is 1.00 e. The van der Waals surface area contributed by atoms with Crippen LogP contribution in [0, 0.1) is 14.8 Å². The molecule has 0 aromatic carbocycles. The first-order valence-corrected chi connectivity index (χ1v) is 2.41. The van der Waals surface area contributed by atoms with Gasteiger partial charge in [-0.15, -0.1) is 0 Å². The summed E-state index contributed by atoms with van der Waals surface area (Å²) >= 11 is -3.65. The monoisotopic (exact) mass is 284 g/mol. The molecule has 0 aromatic rings. The van der Waals surface area contributed by atoms with Crippen LogP contribution in [0.5, 0.6) is 0 Å². The first kappa shape index (κ1) is 22.5. The fourth-order valence-electron chi connectivity index (χ4n) is 0. The molecule has 0 aromatic heterocycles. The summed E-state index contributed by atoms with van der Waals surface area (Å²) < 4.78 is 25.6. The van der Waals surface area contributed by atoms with Gasteiger partial charge in [-0.1, -0.05) is 0 Å². The maximum atomic E-state index is 8.52. The summed E-state index contributed by atoms with van der Waals surface area (Å²) in [5.74, 6) is 0. The predicted octanol–water partition coefficient (Wildman–Crippen LogP) is -12.6. The van der Waals surface area contributed by atoms with Crippen LogP contribution in [0.25, 0.3) is 0 Å². The van der Waals surface area contributed by atoms with E-state index in [1.54, 1.807) is 0 Å². The van der Waals surface area contributed by atoms with E-state index < -0.39 is 14.8 Å². The summed E-state index contributed by atoms with van der Waals surface area (Å²) in [5, 5.41) is 0. The van der Waals surface area contributed by atoms with Gasteiger partial charge in [-0.05, 0) is 0 Å². The molecule has 0 atom stereocenters. The molecule has 0 N–H and O–H groups in total. The van der Waals surface area contributed by atoms with Crippen molar-refractivity contribution in [2.75, 3.05) is 0 Å². The van der Waals surface area contributed by atoms with Gasteiger partial charge >= 0.3 is 103 Å². The third kappa shape index (κ3) is 39.3. The second kappa shape index (κ2) is 16.6. The standard InChI is InChI=1S/BrO3.BrH.2K/c2-1(3)4;;;/h;1H;;/q-1;;2*+1/p-1. The second-order valence-electron chi connectivity index (χ2n) is 0.189. The zero-order chi connectivity index (χ0) is 3.58. The molecule has 0 bridgehead atoms. The molecule has 0 aliphatic heterocycles. The van der Waals surface area contributed by atoms with E-state index in [2.05, 4.69) is 0 Å². The Morgan fingerprint density at radius 1 is 0.857 bits per heavy atom. The molecular formula is Br2K2O3. The second-order valence-corrected chi connectivity index (χ2v) is 0.982. The molecule has 0 radical (unpaired) electrons. The molecule has 0 saturated heterocycles. The van der Waals surface area contributed by atoms with Crippen molar-refractivity contribution in [2.45, 2.75) is 0 Å². The topological polar surface area (TPSA) is 69.2 Å². The molecule has 0 aliphatic carbocycles. The smallest absolute Gasteiger partial charge is 1.00 e. The van der Waals surface area contributed by atoms with Crippen molar-refractivity contribution in [3.05, 3.63) is 0 Å². The summed E-state index contributed by atoms with van der Waals surface area (Å²) in [7, 11) is 0. The number of rotatable bonds is 0. The molecule has 0 aliphatic rings. The number of hydrogen-bond acceptors (Lipinski definition) is 3. The zero-order valence-electron chi connectivity index (χ0n) is 3.98. The van der Waals surface area contributed by atoms with Gasteiger partial charge in [-0.3, -0.25) is 0 Å². The minimum Gasteiger partial charge on any atom is -1.00 e. The van der Waals surface area contributed by atoms with Crippen LogP contribution in [0.2, 0.25) is 0 Å². The van der Waals surface area contributed by atoms with Gasteiger partial charge in [0, 0.05) is 0 Å². The van der Waals surface area contributed by atoms with Crippen molar-refractivity contribution >= 4 is 0 Å². The van der Waals surface area contributed by atoms with Crippen molar-refractivity contribution in [3.8, 4) is 0 Å². The molecule has 0 fully saturated rings. The Labute approximate surface area is 143 Å². The van der Waals surface area contributed by atoms with Gasteiger partial charge in [-0.25, -0.2) is 0 Å². The van der Waals surface area contributed by atoms with Crippen LogP contribution in [0.3, 0.4) is 0 Å². The van der Waals surface area contributed by atoms with Crippen molar-refractivity contribution in [3.63, 3.8) is 0 Å². The predicted molar refractivity (Wildman–Crippen MR) is 0 cm³/mol. The molecular weight excluding hydrogens is 286 g/mol. The molecule has 0 saturated carbocycles. The van der Waals surface area contributed by atoms with Crippen LogP contribution in [-0.2, 0) is 0 Å². The summed E-state index contributed by atoms with van der Waals surface area (Å²) in [6.07, 6.45) is 0. The maximum Gasteiger partial charge on any atom is 1.00 e. The van der Waals surface area contributed by atoms with Crippen LogP contribution in [-0.4, -0.2) is 0 Å². The summed E-state index contributed by atoms with van der Waals surface area (Å²) in [4.78, 5) is 0. The average molecular weight is 286 g/mol. The van der Waals surface area contributed by atoms with E-state index in [0.29, 0.717) is 0 Å². The summed E-state index contributed by atoms with van der Waals surface area (Å²) in [5.41, 5.74) is 0. The van der Waals surface area contributed by atoms with Crippen LogP contribution in [0.1, 0.15) is 0 Å². The van der Waals surface area contributed by atoms with Crippen molar-refractivity contribution in [1.29, 1.82) is 0 Å². The fraction of sp³-hybridized carbons (Fsp3) is 0. The van der Waals surface area contributed by atoms with Gasteiger partial charge < -0.3 is 29.6 Å². The SMILES string of the molecule is [Br-].[K+].[K+].[O-][Br+2]([O-])[O-]. The molecule has 0 unspecified atom stereocenters. The zero-order valence-corrected chi connectivity index (χ0v) is 13.4. The van der Waals surface area contributed by atoms with Crippen molar-refractivity contribution in [2.24, 2.45) is 0 Å². The Balaban J connectivity index is -0.0000000150.